The zero-order valence-electron chi connectivity index (χ0n) is 13.9. The molecule has 8 nitrogen and oxygen atoms in total. The van der Waals surface area contributed by atoms with Crippen LogP contribution in [0, 0.1) is 11.3 Å². The minimum absolute atomic E-state index is 0.189. The van der Waals surface area contributed by atoms with Gasteiger partial charge in [0.05, 0.1) is 23.3 Å². The molecule has 0 fully saturated rings. The quantitative estimate of drug-likeness (QED) is 0.687. The van der Waals surface area contributed by atoms with E-state index in [0.29, 0.717) is 22.4 Å². The molecule has 0 saturated heterocycles. The monoisotopic (exact) mass is 382 g/mol. The summed E-state index contributed by atoms with van der Waals surface area (Å²) in [6, 6.07) is 12.7. The Bertz CT molecular complexity index is 1050. The van der Waals surface area contributed by atoms with Crippen molar-refractivity contribution in [1.29, 1.82) is 5.26 Å². The number of anilines is 1. The molecule has 0 atom stereocenters. The van der Waals surface area contributed by atoms with Gasteiger partial charge in [-0.05, 0) is 30.3 Å². The fourth-order valence-electron chi connectivity index (χ4n) is 2.17. The molecule has 0 aliphatic carbocycles. The Kier molecular flexibility index (Phi) is 5.15. The van der Waals surface area contributed by atoms with E-state index in [0.717, 1.165) is 0 Å². The lowest BCUT2D eigenvalue weighted by Crippen LogP contribution is -2.12. The number of carbonyl (C=O) groups is 2. The summed E-state index contributed by atoms with van der Waals surface area (Å²) in [5.74, 6) is -1.14. The number of ether oxygens (including phenoxy) is 1. The van der Waals surface area contributed by atoms with Crippen LogP contribution in [-0.2, 0) is 4.74 Å². The SMILES string of the molecule is COC(=O)c1ccc(-c2noc(C(=O)Nc3ccc(C#N)c(Cl)c3)n2)cc1. The van der Waals surface area contributed by atoms with E-state index in [1.54, 1.807) is 24.3 Å². The summed E-state index contributed by atoms with van der Waals surface area (Å²) in [5, 5.41) is 15.4. The molecule has 0 aliphatic heterocycles. The van der Waals surface area contributed by atoms with Gasteiger partial charge < -0.3 is 14.6 Å². The smallest absolute Gasteiger partial charge is 0.337 e. The first kappa shape index (κ1) is 18.1. The van der Waals surface area contributed by atoms with Gasteiger partial charge in [0.25, 0.3) is 0 Å². The molecule has 3 rings (SSSR count). The van der Waals surface area contributed by atoms with Crippen molar-refractivity contribution < 1.29 is 18.8 Å². The molecule has 0 spiro atoms. The molecule has 2 aromatic carbocycles. The molecule has 1 aromatic heterocycles. The molecular formula is C18H11ClN4O4. The number of benzene rings is 2. The summed E-state index contributed by atoms with van der Waals surface area (Å²) in [7, 11) is 1.29. The van der Waals surface area contributed by atoms with Crippen LogP contribution in [0.3, 0.4) is 0 Å². The number of esters is 1. The lowest BCUT2D eigenvalue weighted by atomic mass is 10.1. The first-order valence-corrected chi connectivity index (χ1v) is 7.93. The van der Waals surface area contributed by atoms with E-state index in [4.69, 9.17) is 21.4 Å². The second-order valence-electron chi connectivity index (χ2n) is 5.25. The second-order valence-corrected chi connectivity index (χ2v) is 5.66. The summed E-state index contributed by atoms with van der Waals surface area (Å²) in [6.07, 6.45) is 0. The van der Waals surface area contributed by atoms with Gasteiger partial charge in [-0.1, -0.05) is 28.9 Å². The molecule has 3 aromatic rings. The number of nitrogens with one attached hydrogen (secondary N) is 1. The predicted octanol–water partition coefficient (Wildman–Crippen LogP) is 3.30. The molecule has 0 unspecified atom stereocenters. The maximum atomic E-state index is 12.2. The maximum absolute atomic E-state index is 12.2. The van der Waals surface area contributed by atoms with Gasteiger partial charge in [-0.2, -0.15) is 10.2 Å². The highest BCUT2D eigenvalue weighted by Crippen LogP contribution is 2.21. The molecule has 1 N–H and O–H groups in total. The number of halogens is 1. The van der Waals surface area contributed by atoms with E-state index >= 15 is 0 Å². The van der Waals surface area contributed by atoms with Crippen LogP contribution in [0.1, 0.15) is 26.6 Å². The van der Waals surface area contributed by atoms with Gasteiger partial charge in [-0.15, -0.1) is 0 Å². The third-order valence-corrected chi connectivity index (χ3v) is 3.84. The van der Waals surface area contributed by atoms with Crippen molar-refractivity contribution in [2.45, 2.75) is 0 Å². The van der Waals surface area contributed by atoms with Crippen molar-refractivity contribution in [3.63, 3.8) is 0 Å². The predicted molar refractivity (Wildman–Crippen MR) is 95.2 cm³/mol. The summed E-state index contributed by atoms with van der Waals surface area (Å²) >= 11 is 5.93. The fourth-order valence-corrected chi connectivity index (χ4v) is 2.40. The van der Waals surface area contributed by atoms with Crippen LogP contribution in [0.15, 0.2) is 47.0 Å². The highest BCUT2D eigenvalue weighted by molar-refractivity contribution is 6.32. The maximum Gasteiger partial charge on any atom is 0.337 e. The zero-order valence-corrected chi connectivity index (χ0v) is 14.6. The average molecular weight is 383 g/mol. The van der Waals surface area contributed by atoms with Gasteiger partial charge >= 0.3 is 17.8 Å². The van der Waals surface area contributed by atoms with Crippen LogP contribution in [0.4, 0.5) is 5.69 Å². The summed E-state index contributed by atoms with van der Waals surface area (Å²) < 4.78 is 9.61. The summed E-state index contributed by atoms with van der Waals surface area (Å²) in [6.45, 7) is 0. The van der Waals surface area contributed by atoms with Crippen LogP contribution in [0.2, 0.25) is 5.02 Å². The van der Waals surface area contributed by atoms with Gasteiger partial charge in [0, 0.05) is 11.3 Å². The third kappa shape index (κ3) is 3.94. The average Bonchev–Trinajstić information content (AvgIpc) is 3.18. The Hall–Kier alpha value is -3.70. The van der Waals surface area contributed by atoms with Gasteiger partial charge in [-0.3, -0.25) is 4.79 Å². The number of nitriles is 1. The molecule has 0 bridgehead atoms. The molecule has 1 amide bonds. The Morgan fingerprint density at radius 1 is 1.22 bits per heavy atom. The van der Waals surface area contributed by atoms with Crippen molar-refractivity contribution in [2.24, 2.45) is 0 Å². The number of methoxy groups -OCH3 is 1. The Morgan fingerprint density at radius 2 is 1.96 bits per heavy atom. The number of hydrogen-bond acceptors (Lipinski definition) is 7. The minimum atomic E-state index is -0.624. The lowest BCUT2D eigenvalue weighted by molar-refractivity contribution is 0.0600. The second kappa shape index (κ2) is 7.68. The summed E-state index contributed by atoms with van der Waals surface area (Å²) in [5.41, 5.74) is 1.61. The van der Waals surface area contributed by atoms with E-state index in [-0.39, 0.29) is 16.7 Å². The number of nitrogens with zero attached hydrogens (tertiary/aromatic N) is 3. The molecule has 0 radical (unpaired) electrons. The molecule has 1 heterocycles. The first-order chi connectivity index (χ1) is 13.0. The first-order valence-electron chi connectivity index (χ1n) is 7.55. The van der Waals surface area contributed by atoms with Crippen LogP contribution in [0.5, 0.6) is 0 Å². The molecule has 27 heavy (non-hydrogen) atoms. The van der Waals surface area contributed by atoms with Crippen LogP contribution < -0.4 is 5.32 Å². The lowest BCUT2D eigenvalue weighted by Gasteiger charge is -2.03. The van der Waals surface area contributed by atoms with Crippen molar-refractivity contribution >= 4 is 29.2 Å². The number of amides is 1. The van der Waals surface area contributed by atoms with E-state index in [1.165, 1.54) is 25.3 Å². The van der Waals surface area contributed by atoms with Gasteiger partial charge in [0.15, 0.2) is 0 Å². The minimum Gasteiger partial charge on any atom is -0.465 e. The van der Waals surface area contributed by atoms with Gasteiger partial charge in [0.2, 0.25) is 5.82 Å². The molecule has 0 aliphatic rings. The van der Waals surface area contributed by atoms with Gasteiger partial charge in [-0.25, -0.2) is 4.79 Å². The van der Waals surface area contributed by atoms with Crippen molar-refractivity contribution in [3.05, 3.63) is 64.5 Å². The van der Waals surface area contributed by atoms with Gasteiger partial charge in [0.1, 0.15) is 6.07 Å². The van der Waals surface area contributed by atoms with Crippen molar-refractivity contribution in [1.82, 2.24) is 10.1 Å². The normalized spacial score (nSPS) is 10.1. The standard InChI is InChI=1S/C18H11ClN4O4/c1-26-18(25)11-4-2-10(3-5-11)15-22-17(27-23-15)16(24)21-13-7-6-12(9-20)14(19)8-13/h2-8H,1H3,(H,21,24). The van der Waals surface area contributed by atoms with E-state index in [9.17, 15) is 9.59 Å². The van der Waals surface area contributed by atoms with Crippen LogP contribution in [-0.4, -0.2) is 29.1 Å². The number of hydrogen-bond donors (Lipinski definition) is 1. The van der Waals surface area contributed by atoms with Crippen molar-refractivity contribution in [3.8, 4) is 17.5 Å². The fraction of sp³-hybridized carbons (Fsp3) is 0.0556. The third-order valence-electron chi connectivity index (χ3n) is 3.53. The number of aromatic nitrogens is 2. The van der Waals surface area contributed by atoms with E-state index in [1.807, 2.05) is 6.07 Å². The van der Waals surface area contributed by atoms with Crippen molar-refractivity contribution in [2.75, 3.05) is 12.4 Å². The zero-order chi connectivity index (χ0) is 19.4. The molecule has 0 saturated carbocycles. The highest BCUT2D eigenvalue weighted by Gasteiger charge is 2.17. The Labute approximate surface area is 158 Å². The highest BCUT2D eigenvalue weighted by atomic mass is 35.5. The van der Waals surface area contributed by atoms with E-state index < -0.39 is 11.9 Å². The largest absolute Gasteiger partial charge is 0.465 e. The molecular weight excluding hydrogens is 372 g/mol. The summed E-state index contributed by atoms with van der Waals surface area (Å²) in [4.78, 5) is 27.7. The Balaban J connectivity index is 1.75. The molecule has 134 valence electrons. The van der Waals surface area contributed by atoms with Crippen LogP contribution >= 0.6 is 11.6 Å². The Morgan fingerprint density at radius 3 is 2.59 bits per heavy atom. The topological polar surface area (TPSA) is 118 Å². The van der Waals surface area contributed by atoms with Crippen LogP contribution in [0.25, 0.3) is 11.4 Å². The number of rotatable bonds is 4. The molecule has 9 heteroatoms. The number of carbonyl (C=O) groups excluding carboxylic acids is 2. The van der Waals surface area contributed by atoms with E-state index in [2.05, 4.69) is 20.2 Å².